The first-order valence-corrected chi connectivity index (χ1v) is 9.40. The van der Waals surface area contributed by atoms with Crippen LogP contribution in [-0.2, 0) is 12.0 Å². The highest BCUT2D eigenvalue weighted by Gasteiger charge is 2.13. The van der Waals surface area contributed by atoms with E-state index in [1.54, 1.807) is 36.4 Å². The van der Waals surface area contributed by atoms with Crippen molar-refractivity contribution >= 4 is 5.97 Å². The lowest BCUT2D eigenvalue weighted by Crippen LogP contribution is -2.10. The van der Waals surface area contributed by atoms with Crippen LogP contribution in [-0.4, -0.2) is 5.97 Å². The second-order valence-electron chi connectivity index (χ2n) is 7.79. The van der Waals surface area contributed by atoms with Crippen LogP contribution in [0.25, 0.3) is 0 Å². The number of benzene rings is 3. The molecule has 0 aliphatic heterocycles. The fourth-order valence-corrected chi connectivity index (χ4v) is 2.72. The first-order valence-electron chi connectivity index (χ1n) is 9.40. The topological polar surface area (TPSA) is 59.3 Å². The molecular formula is C25H23NO3. The molecule has 0 fully saturated rings. The van der Waals surface area contributed by atoms with E-state index in [1.165, 1.54) is 5.56 Å². The highest BCUT2D eigenvalue weighted by Crippen LogP contribution is 2.24. The van der Waals surface area contributed by atoms with Crippen LogP contribution in [0.5, 0.6) is 11.5 Å². The van der Waals surface area contributed by atoms with Crippen molar-refractivity contribution in [2.45, 2.75) is 32.8 Å². The van der Waals surface area contributed by atoms with Gasteiger partial charge in [-0.3, -0.25) is 0 Å². The van der Waals surface area contributed by atoms with Gasteiger partial charge >= 0.3 is 5.97 Å². The zero-order chi connectivity index (χ0) is 20.9. The fraction of sp³-hybridized carbons (Fsp3) is 0.200. The molecule has 0 unspecified atom stereocenters. The third-order valence-electron chi connectivity index (χ3n) is 4.51. The molecule has 4 nitrogen and oxygen atoms in total. The third-order valence-corrected chi connectivity index (χ3v) is 4.51. The van der Waals surface area contributed by atoms with Crippen LogP contribution in [0.15, 0.2) is 72.8 Å². The molecule has 146 valence electrons. The third kappa shape index (κ3) is 5.46. The monoisotopic (exact) mass is 385 g/mol. The summed E-state index contributed by atoms with van der Waals surface area (Å²) in [6.45, 7) is 6.95. The van der Waals surface area contributed by atoms with E-state index in [1.807, 2.05) is 30.3 Å². The summed E-state index contributed by atoms with van der Waals surface area (Å²) >= 11 is 0. The van der Waals surface area contributed by atoms with Gasteiger partial charge in [-0.25, -0.2) is 4.79 Å². The molecule has 3 aromatic carbocycles. The smallest absolute Gasteiger partial charge is 0.343 e. The zero-order valence-electron chi connectivity index (χ0n) is 16.8. The molecule has 0 spiro atoms. The molecule has 0 saturated heterocycles. The van der Waals surface area contributed by atoms with E-state index < -0.39 is 5.97 Å². The van der Waals surface area contributed by atoms with Crippen molar-refractivity contribution < 1.29 is 14.3 Å². The number of carbonyl (C=O) groups is 1. The van der Waals surface area contributed by atoms with E-state index in [9.17, 15) is 4.79 Å². The minimum Gasteiger partial charge on any atom is -0.489 e. The number of ether oxygens (including phenoxy) is 2. The summed E-state index contributed by atoms with van der Waals surface area (Å²) in [5.74, 6) is 0.766. The van der Waals surface area contributed by atoms with Crippen molar-refractivity contribution in [1.82, 2.24) is 0 Å². The largest absolute Gasteiger partial charge is 0.489 e. The summed E-state index contributed by atoms with van der Waals surface area (Å²) in [7, 11) is 0. The molecule has 0 radical (unpaired) electrons. The van der Waals surface area contributed by atoms with Gasteiger partial charge in [-0.05, 0) is 65.1 Å². The molecule has 0 aliphatic carbocycles. The van der Waals surface area contributed by atoms with Gasteiger partial charge in [0.25, 0.3) is 0 Å². The molecule has 0 bridgehead atoms. The molecule has 0 N–H and O–H groups in total. The van der Waals surface area contributed by atoms with Crippen molar-refractivity contribution in [1.29, 1.82) is 5.26 Å². The van der Waals surface area contributed by atoms with E-state index in [-0.39, 0.29) is 5.41 Å². The Morgan fingerprint density at radius 1 is 0.862 bits per heavy atom. The van der Waals surface area contributed by atoms with Crippen LogP contribution in [0.1, 0.15) is 47.8 Å². The Morgan fingerprint density at radius 2 is 1.45 bits per heavy atom. The average Bonchev–Trinajstić information content (AvgIpc) is 2.73. The number of hydrogen-bond acceptors (Lipinski definition) is 4. The predicted octanol–water partition coefficient (Wildman–Crippen LogP) is 5.65. The van der Waals surface area contributed by atoms with Gasteiger partial charge in [0.2, 0.25) is 0 Å². The van der Waals surface area contributed by atoms with E-state index >= 15 is 0 Å². The molecule has 0 saturated carbocycles. The summed E-state index contributed by atoms with van der Waals surface area (Å²) in [5, 5.41) is 8.81. The van der Waals surface area contributed by atoms with Gasteiger partial charge in [0.05, 0.1) is 17.2 Å². The van der Waals surface area contributed by atoms with Crippen molar-refractivity contribution in [2.75, 3.05) is 0 Å². The van der Waals surface area contributed by atoms with Gasteiger partial charge in [0, 0.05) is 0 Å². The Hall–Kier alpha value is -3.58. The summed E-state index contributed by atoms with van der Waals surface area (Å²) < 4.78 is 11.2. The van der Waals surface area contributed by atoms with Gasteiger partial charge in [-0.15, -0.1) is 0 Å². The zero-order valence-corrected chi connectivity index (χ0v) is 16.8. The van der Waals surface area contributed by atoms with Crippen molar-refractivity contribution in [2.24, 2.45) is 0 Å². The standard InChI is InChI=1S/C25H23NO3/c1-25(2,3)21-10-14-22(15-11-21)28-17-19-4-8-20(9-5-19)24(27)29-23-12-6-18(16-26)7-13-23/h4-15H,17H2,1-3H3. The average molecular weight is 385 g/mol. The molecule has 0 aromatic heterocycles. The quantitative estimate of drug-likeness (QED) is 0.420. The van der Waals surface area contributed by atoms with Gasteiger partial charge in [0.1, 0.15) is 18.1 Å². The second kappa shape index (κ2) is 8.62. The molecule has 0 atom stereocenters. The lowest BCUT2D eigenvalue weighted by Gasteiger charge is -2.19. The maximum Gasteiger partial charge on any atom is 0.343 e. The molecule has 4 heteroatoms. The molecule has 3 aromatic rings. The summed E-state index contributed by atoms with van der Waals surface area (Å²) in [6.07, 6.45) is 0. The lowest BCUT2D eigenvalue weighted by molar-refractivity contribution is 0.0734. The highest BCUT2D eigenvalue weighted by molar-refractivity contribution is 5.91. The van der Waals surface area contributed by atoms with Gasteiger partial charge in [-0.2, -0.15) is 5.26 Å². The summed E-state index contributed by atoms with van der Waals surface area (Å²) in [6, 6.07) is 23.7. The maximum atomic E-state index is 12.3. The highest BCUT2D eigenvalue weighted by atomic mass is 16.5. The van der Waals surface area contributed by atoms with Crippen molar-refractivity contribution in [3.8, 4) is 17.6 Å². The SMILES string of the molecule is CC(C)(C)c1ccc(OCc2ccc(C(=O)Oc3ccc(C#N)cc3)cc2)cc1. The number of esters is 1. The van der Waals surface area contributed by atoms with Crippen LogP contribution >= 0.6 is 0 Å². The summed E-state index contributed by atoms with van der Waals surface area (Å²) in [5.41, 5.74) is 3.30. The minimum atomic E-state index is -0.444. The van der Waals surface area contributed by atoms with E-state index in [0.29, 0.717) is 23.5 Å². The Bertz CT molecular complexity index is 1010. The number of carbonyl (C=O) groups excluding carboxylic acids is 1. The molecular weight excluding hydrogens is 362 g/mol. The fourth-order valence-electron chi connectivity index (χ4n) is 2.72. The van der Waals surface area contributed by atoms with E-state index in [4.69, 9.17) is 14.7 Å². The van der Waals surface area contributed by atoms with Crippen LogP contribution in [0, 0.1) is 11.3 Å². The molecule has 0 heterocycles. The minimum absolute atomic E-state index is 0.112. The Labute approximate surface area is 171 Å². The second-order valence-corrected chi connectivity index (χ2v) is 7.79. The number of nitrogens with zero attached hydrogens (tertiary/aromatic N) is 1. The molecule has 3 rings (SSSR count). The molecule has 0 amide bonds. The first kappa shape index (κ1) is 20.2. The number of hydrogen-bond donors (Lipinski definition) is 0. The van der Waals surface area contributed by atoms with Crippen molar-refractivity contribution in [3.63, 3.8) is 0 Å². The molecule has 29 heavy (non-hydrogen) atoms. The Balaban J connectivity index is 1.56. The number of nitriles is 1. The predicted molar refractivity (Wildman–Crippen MR) is 112 cm³/mol. The van der Waals surface area contributed by atoms with Crippen molar-refractivity contribution in [3.05, 3.63) is 95.1 Å². The Morgan fingerprint density at radius 3 is 2.00 bits per heavy atom. The van der Waals surface area contributed by atoms with E-state index in [0.717, 1.165) is 11.3 Å². The van der Waals surface area contributed by atoms with Gasteiger partial charge in [-0.1, -0.05) is 45.0 Å². The lowest BCUT2D eigenvalue weighted by atomic mass is 9.87. The first-order chi connectivity index (χ1) is 13.8. The normalized spacial score (nSPS) is 10.8. The maximum absolute atomic E-state index is 12.3. The van der Waals surface area contributed by atoms with Crippen LogP contribution in [0.2, 0.25) is 0 Å². The van der Waals surface area contributed by atoms with Gasteiger partial charge < -0.3 is 9.47 Å². The van der Waals surface area contributed by atoms with Crippen LogP contribution < -0.4 is 9.47 Å². The Kier molecular flexibility index (Phi) is 5.99. The summed E-state index contributed by atoms with van der Waals surface area (Å²) in [4.78, 5) is 12.3. The van der Waals surface area contributed by atoms with E-state index in [2.05, 4.69) is 32.9 Å². The molecule has 0 aliphatic rings. The van der Waals surface area contributed by atoms with Crippen LogP contribution in [0.4, 0.5) is 0 Å². The van der Waals surface area contributed by atoms with Crippen LogP contribution in [0.3, 0.4) is 0 Å². The van der Waals surface area contributed by atoms with Gasteiger partial charge in [0.15, 0.2) is 0 Å². The number of rotatable bonds is 5.